The molecule has 0 aromatic heterocycles. The Balaban J connectivity index is 2.09. The molecule has 6 nitrogen and oxygen atoms in total. The second kappa shape index (κ2) is 6.96. The van der Waals surface area contributed by atoms with E-state index in [9.17, 15) is 29.4 Å². The molecule has 0 bridgehead atoms. The van der Waals surface area contributed by atoms with Crippen LogP contribution in [0.15, 0.2) is 42.5 Å². The first-order valence-electron chi connectivity index (χ1n) is 6.98. The average molecular weight is 336 g/mol. The van der Waals surface area contributed by atoms with Crippen molar-refractivity contribution < 1.29 is 29.4 Å². The highest BCUT2D eigenvalue weighted by Crippen LogP contribution is 2.37. The number of carbonyl (C=O) groups is 1. The van der Waals surface area contributed by atoms with Gasteiger partial charge in [0.1, 0.15) is 11.5 Å². The van der Waals surface area contributed by atoms with E-state index in [0.29, 0.717) is 12.8 Å². The van der Waals surface area contributed by atoms with E-state index in [4.69, 9.17) is 0 Å². The fourth-order valence-electron chi connectivity index (χ4n) is 2.30. The van der Waals surface area contributed by atoms with Crippen molar-refractivity contribution in [3.05, 3.63) is 53.6 Å². The molecular weight excluding hydrogens is 319 g/mol. The molecule has 4 N–H and O–H groups in total. The van der Waals surface area contributed by atoms with Crippen molar-refractivity contribution in [3.8, 4) is 11.5 Å². The van der Waals surface area contributed by atoms with Gasteiger partial charge in [-0.05, 0) is 42.7 Å². The summed E-state index contributed by atoms with van der Waals surface area (Å²) in [5.41, 5.74) is 0.620. The van der Waals surface area contributed by atoms with Crippen LogP contribution in [0.25, 0.3) is 0 Å². The molecule has 0 saturated carbocycles. The van der Waals surface area contributed by atoms with Gasteiger partial charge in [-0.25, -0.2) is 0 Å². The minimum atomic E-state index is -4.64. The summed E-state index contributed by atoms with van der Waals surface area (Å²) in [5.74, 6) is -0.786. The second-order valence-electron chi connectivity index (χ2n) is 5.16. The molecule has 2 rings (SSSR count). The maximum absolute atomic E-state index is 12.2. The topological polar surface area (TPSA) is 115 Å². The van der Waals surface area contributed by atoms with E-state index in [2.05, 4.69) is 0 Å². The van der Waals surface area contributed by atoms with Gasteiger partial charge in [-0.1, -0.05) is 18.2 Å². The Bertz CT molecular complexity index is 748. The monoisotopic (exact) mass is 336 g/mol. The Kier molecular flexibility index (Phi) is 5.21. The molecule has 23 heavy (non-hydrogen) atoms. The Morgan fingerprint density at radius 2 is 1.65 bits per heavy atom. The van der Waals surface area contributed by atoms with Crippen LogP contribution in [0.4, 0.5) is 0 Å². The fourth-order valence-corrected chi connectivity index (χ4v) is 3.11. The minimum Gasteiger partial charge on any atom is -0.508 e. The fraction of sp³-hybridized carbons (Fsp3) is 0.188. The average Bonchev–Trinajstić information content (AvgIpc) is 2.48. The van der Waals surface area contributed by atoms with E-state index < -0.39 is 24.4 Å². The second-order valence-corrected chi connectivity index (χ2v) is 6.73. The number of carbonyl (C=O) groups excluding carboxylic acids is 1. The van der Waals surface area contributed by atoms with E-state index in [1.165, 1.54) is 12.1 Å². The van der Waals surface area contributed by atoms with Gasteiger partial charge in [-0.15, -0.1) is 0 Å². The normalized spacial score (nSPS) is 11.4. The van der Waals surface area contributed by atoms with Gasteiger partial charge in [0.15, 0.2) is 5.78 Å². The lowest BCUT2D eigenvalue weighted by Crippen LogP contribution is -2.16. The number of hydrogen-bond acceptors (Lipinski definition) is 4. The molecule has 0 heterocycles. The van der Waals surface area contributed by atoms with Crippen LogP contribution in [0.2, 0.25) is 0 Å². The number of aromatic hydroxyl groups is 2. The maximum Gasteiger partial charge on any atom is 0.357 e. The van der Waals surface area contributed by atoms with Gasteiger partial charge in [0.25, 0.3) is 0 Å². The van der Waals surface area contributed by atoms with E-state index in [-0.39, 0.29) is 17.7 Å². The predicted molar refractivity (Wildman–Crippen MR) is 85.2 cm³/mol. The summed E-state index contributed by atoms with van der Waals surface area (Å²) < 4.78 is 11.4. The van der Waals surface area contributed by atoms with Crippen LogP contribution in [0, 0.1) is 0 Å². The molecular formula is C16H17O6P. The molecule has 7 heteroatoms. The van der Waals surface area contributed by atoms with Gasteiger partial charge < -0.3 is 20.0 Å². The summed E-state index contributed by atoms with van der Waals surface area (Å²) in [6.45, 7) is 0. The third-order valence-electron chi connectivity index (χ3n) is 3.42. The quantitative estimate of drug-likeness (QED) is 0.474. The molecule has 0 fully saturated rings. The molecule has 122 valence electrons. The maximum atomic E-state index is 12.2. The van der Waals surface area contributed by atoms with Crippen LogP contribution in [-0.4, -0.2) is 25.8 Å². The van der Waals surface area contributed by atoms with Crippen molar-refractivity contribution in [3.63, 3.8) is 0 Å². The summed E-state index contributed by atoms with van der Waals surface area (Å²) in [6, 6.07) is 10.2. The zero-order valence-electron chi connectivity index (χ0n) is 12.2. The molecule has 0 amide bonds. The van der Waals surface area contributed by atoms with Gasteiger partial charge in [0.05, 0.1) is 10.9 Å². The highest BCUT2D eigenvalue weighted by molar-refractivity contribution is 7.60. The van der Waals surface area contributed by atoms with E-state index in [0.717, 1.165) is 11.6 Å². The number of rotatable bonds is 6. The summed E-state index contributed by atoms with van der Waals surface area (Å²) in [6.07, 6.45) is 1.08. The number of aryl methyl sites for hydroxylation is 1. The first-order valence-corrected chi connectivity index (χ1v) is 8.59. The van der Waals surface area contributed by atoms with Gasteiger partial charge in [0, 0.05) is 6.42 Å². The Labute approximate surface area is 133 Å². The lowest BCUT2D eigenvalue weighted by atomic mass is 10.0. The van der Waals surface area contributed by atoms with Crippen molar-refractivity contribution in [2.75, 3.05) is 0 Å². The van der Waals surface area contributed by atoms with Crippen molar-refractivity contribution in [2.24, 2.45) is 0 Å². The Hall–Kier alpha value is -2.14. The largest absolute Gasteiger partial charge is 0.508 e. The molecule has 0 spiro atoms. The number of phenolic OH excluding ortho intramolecular Hbond substituents is 2. The van der Waals surface area contributed by atoms with Crippen molar-refractivity contribution >= 4 is 18.7 Å². The standard InChI is InChI=1S/C16H17O6P/c17-12-9-7-11(8-10-12)3-1-4-13(18)16-14(19)5-2-6-15(16)23(20,21)22/h2,5-10,17,19H,1,3-4H2,(H2,20,21,22). The molecule has 0 radical (unpaired) electrons. The van der Waals surface area contributed by atoms with Gasteiger partial charge in [-0.3, -0.25) is 9.36 Å². The minimum absolute atomic E-state index is 0.0471. The van der Waals surface area contributed by atoms with Crippen molar-refractivity contribution in [1.29, 1.82) is 0 Å². The molecule has 2 aromatic carbocycles. The Morgan fingerprint density at radius 3 is 2.26 bits per heavy atom. The summed E-state index contributed by atoms with van der Waals surface area (Å²) in [4.78, 5) is 30.8. The Morgan fingerprint density at radius 1 is 1.00 bits per heavy atom. The molecule has 0 aliphatic rings. The number of Topliss-reactive ketones (excluding diaryl/α,β-unsaturated/α-hetero) is 1. The molecule has 0 aliphatic carbocycles. The third-order valence-corrected chi connectivity index (χ3v) is 4.42. The lowest BCUT2D eigenvalue weighted by Gasteiger charge is -2.11. The van der Waals surface area contributed by atoms with Crippen molar-refractivity contribution in [2.45, 2.75) is 19.3 Å². The van der Waals surface area contributed by atoms with Crippen LogP contribution in [0.3, 0.4) is 0 Å². The molecule has 0 aliphatic heterocycles. The van der Waals surface area contributed by atoms with Crippen LogP contribution >= 0.6 is 7.60 Å². The van der Waals surface area contributed by atoms with E-state index in [1.807, 2.05) is 0 Å². The number of benzene rings is 2. The molecule has 0 atom stereocenters. The molecule has 2 aromatic rings. The number of phenols is 2. The molecule has 0 unspecified atom stereocenters. The first-order chi connectivity index (χ1) is 10.8. The van der Waals surface area contributed by atoms with Gasteiger partial charge in [0.2, 0.25) is 0 Å². The summed E-state index contributed by atoms with van der Waals surface area (Å²) in [7, 11) is -4.64. The molecule has 0 saturated heterocycles. The third kappa shape index (κ3) is 4.42. The predicted octanol–water partition coefficient (Wildman–Crippen LogP) is 2.11. The summed E-state index contributed by atoms with van der Waals surface area (Å²) in [5, 5.41) is 18.5. The summed E-state index contributed by atoms with van der Waals surface area (Å²) >= 11 is 0. The lowest BCUT2D eigenvalue weighted by molar-refractivity contribution is 0.0978. The van der Waals surface area contributed by atoms with Crippen LogP contribution < -0.4 is 5.30 Å². The zero-order chi connectivity index (χ0) is 17.0. The number of ketones is 1. The van der Waals surface area contributed by atoms with Gasteiger partial charge >= 0.3 is 7.60 Å². The van der Waals surface area contributed by atoms with Crippen molar-refractivity contribution in [1.82, 2.24) is 0 Å². The first kappa shape index (κ1) is 17.2. The highest BCUT2D eigenvalue weighted by Gasteiger charge is 2.27. The van der Waals surface area contributed by atoms with Crippen LogP contribution in [0.1, 0.15) is 28.8 Å². The van der Waals surface area contributed by atoms with Gasteiger partial charge in [-0.2, -0.15) is 0 Å². The van der Waals surface area contributed by atoms with Crippen LogP contribution in [0.5, 0.6) is 11.5 Å². The SMILES string of the molecule is O=C(CCCc1ccc(O)cc1)c1c(O)cccc1P(=O)(O)O. The van der Waals surface area contributed by atoms with E-state index in [1.54, 1.807) is 24.3 Å². The number of hydrogen-bond donors (Lipinski definition) is 4. The van der Waals surface area contributed by atoms with E-state index >= 15 is 0 Å². The zero-order valence-corrected chi connectivity index (χ0v) is 13.1. The highest BCUT2D eigenvalue weighted by atomic mass is 31.2. The van der Waals surface area contributed by atoms with Crippen LogP contribution in [-0.2, 0) is 11.0 Å². The smallest absolute Gasteiger partial charge is 0.357 e.